The summed E-state index contributed by atoms with van der Waals surface area (Å²) in [7, 11) is -3.27. The van der Waals surface area contributed by atoms with Crippen LogP contribution in [0.1, 0.15) is 12.1 Å². The summed E-state index contributed by atoms with van der Waals surface area (Å²) in [6.07, 6.45) is 6.25. The first kappa shape index (κ1) is 16.9. The third-order valence-corrected chi connectivity index (χ3v) is 6.08. The largest absolute Gasteiger partial charge is 0.341 e. The molecule has 1 aliphatic heterocycles. The number of benzene rings is 1. The van der Waals surface area contributed by atoms with Gasteiger partial charge < -0.3 is 4.57 Å². The van der Waals surface area contributed by atoms with E-state index in [-0.39, 0.29) is 6.04 Å². The molecule has 0 saturated carbocycles. The van der Waals surface area contributed by atoms with Crippen molar-refractivity contribution < 1.29 is 8.42 Å². The molecule has 2 N–H and O–H groups in total. The molecular formula is C16H16Cl2N4O2S. The first-order valence-electron chi connectivity index (χ1n) is 7.80. The van der Waals surface area contributed by atoms with Gasteiger partial charge in [0.05, 0.1) is 28.0 Å². The third-order valence-electron chi connectivity index (χ3n) is 4.52. The molecule has 1 unspecified atom stereocenters. The second-order valence-electron chi connectivity index (χ2n) is 6.30. The van der Waals surface area contributed by atoms with Crippen LogP contribution in [0.4, 0.5) is 0 Å². The predicted octanol–water partition coefficient (Wildman–Crippen LogP) is 3.20. The van der Waals surface area contributed by atoms with Crippen LogP contribution in [0.3, 0.4) is 0 Å². The molecule has 1 aromatic carbocycles. The van der Waals surface area contributed by atoms with E-state index in [1.54, 1.807) is 12.3 Å². The number of nitrogens with one attached hydrogen (secondary N) is 2. The number of sulfonamides is 1. The van der Waals surface area contributed by atoms with E-state index in [0.717, 1.165) is 40.6 Å². The van der Waals surface area contributed by atoms with Crippen LogP contribution in [0.15, 0.2) is 24.5 Å². The van der Waals surface area contributed by atoms with E-state index in [0.29, 0.717) is 16.6 Å². The Morgan fingerprint density at radius 2 is 2.16 bits per heavy atom. The standard InChI is InChI=1S/C16H16Cl2N4O2S/c1-25(23,24)21-10-2-5-13-14(9-6-19-20-7-9)11-3-4-12(17)15(18)16(11)22(13)8-10/h3-4,6-7,10,21H,2,5,8H2,1H3,(H,19,20). The molecule has 6 nitrogen and oxygen atoms in total. The maximum atomic E-state index is 11.6. The molecule has 4 rings (SSSR count). The summed E-state index contributed by atoms with van der Waals surface area (Å²) in [6.45, 7) is 0.511. The van der Waals surface area contributed by atoms with Crippen LogP contribution in [0.5, 0.6) is 0 Å². The average molecular weight is 399 g/mol. The van der Waals surface area contributed by atoms with Crippen LogP contribution in [0.2, 0.25) is 10.0 Å². The van der Waals surface area contributed by atoms with Crippen molar-refractivity contribution in [3.8, 4) is 11.1 Å². The summed E-state index contributed by atoms with van der Waals surface area (Å²) in [5, 5.41) is 8.85. The zero-order chi connectivity index (χ0) is 17.8. The van der Waals surface area contributed by atoms with Crippen molar-refractivity contribution in [3.63, 3.8) is 0 Å². The van der Waals surface area contributed by atoms with E-state index < -0.39 is 10.0 Å². The number of fused-ring (bicyclic) bond motifs is 3. The molecule has 0 fully saturated rings. The van der Waals surface area contributed by atoms with Crippen LogP contribution in [-0.2, 0) is 23.0 Å². The van der Waals surface area contributed by atoms with Gasteiger partial charge in [0, 0.05) is 41.0 Å². The van der Waals surface area contributed by atoms with E-state index in [9.17, 15) is 8.42 Å². The summed E-state index contributed by atoms with van der Waals surface area (Å²) in [4.78, 5) is 0. The normalized spacial score (nSPS) is 17.8. The van der Waals surface area contributed by atoms with Gasteiger partial charge in [-0.05, 0) is 18.9 Å². The molecule has 9 heteroatoms. The van der Waals surface area contributed by atoms with Gasteiger partial charge in [0.2, 0.25) is 10.0 Å². The zero-order valence-corrected chi connectivity index (χ0v) is 15.7. The van der Waals surface area contributed by atoms with E-state index in [2.05, 4.69) is 19.5 Å². The fourth-order valence-corrected chi connectivity index (χ4v) is 4.84. The molecule has 0 bridgehead atoms. The summed E-state index contributed by atoms with van der Waals surface area (Å²) < 4.78 is 28.0. The van der Waals surface area contributed by atoms with E-state index in [4.69, 9.17) is 23.2 Å². The van der Waals surface area contributed by atoms with Crippen molar-refractivity contribution in [2.45, 2.75) is 25.4 Å². The van der Waals surface area contributed by atoms with Gasteiger partial charge in [-0.15, -0.1) is 0 Å². The highest BCUT2D eigenvalue weighted by Gasteiger charge is 2.28. The molecule has 0 spiro atoms. The minimum absolute atomic E-state index is 0.176. The molecule has 3 aromatic rings. The second kappa shape index (κ2) is 6.02. The molecular weight excluding hydrogens is 383 g/mol. The summed E-state index contributed by atoms with van der Waals surface area (Å²) in [5.41, 5.74) is 4.00. The minimum atomic E-state index is -3.27. The van der Waals surface area contributed by atoms with E-state index >= 15 is 0 Å². The lowest BCUT2D eigenvalue weighted by Gasteiger charge is -2.26. The van der Waals surface area contributed by atoms with Crippen LogP contribution in [0, 0.1) is 0 Å². The van der Waals surface area contributed by atoms with Gasteiger partial charge in [0.15, 0.2) is 0 Å². The fraction of sp³-hybridized carbons (Fsp3) is 0.312. The van der Waals surface area contributed by atoms with Crippen LogP contribution < -0.4 is 4.72 Å². The number of rotatable bonds is 3. The zero-order valence-electron chi connectivity index (χ0n) is 13.4. The first-order valence-corrected chi connectivity index (χ1v) is 10.5. The maximum absolute atomic E-state index is 11.6. The monoisotopic (exact) mass is 398 g/mol. The number of hydrogen-bond donors (Lipinski definition) is 2. The quantitative estimate of drug-likeness (QED) is 0.710. The molecule has 132 valence electrons. The third kappa shape index (κ3) is 2.95. The molecule has 0 radical (unpaired) electrons. The molecule has 3 heterocycles. The number of halogens is 2. The highest BCUT2D eigenvalue weighted by Crippen LogP contribution is 2.42. The van der Waals surface area contributed by atoms with Gasteiger partial charge in [-0.25, -0.2) is 13.1 Å². The van der Waals surface area contributed by atoms with Crippen LogP contribution in [-0.4, -0.2) is 35.5 Å². The van der Waals surface area contributed by atoms with Crippen molar-refractivity contribution in [2.24, 2.45) is 0 Å². The summed E-state index contributed by atoms with van der Waals surface area (Å²) in [6, 6.07) is 3.56. The lowest BCUT2D eigenvalue weighted by Crippen LogP contribution is -2.40. The van der Waals surface area contributed by atoms with E-state index in [1.165, 1.54) is 6.26 Å². The smallest absolute Gasteiger partial charge is 0.209 e. The number of aromatic amines is 1. The maximum Gasteiger partial charge on any atom is 0.209 e. The Morgan fingerprint density at radius 3 is 2.84 bits per heavy atom. The Bertz CT molecular complexity index is 1060. The topological polar surface area (TPSA) is 79.8 Å². The number of aromatic nitrogens is 3. The Kier molecular flexibility index (Phi) is 4.07. The predicted molar refractivity (Wildman–Crippen MR) is 99.6 cm³/mol. The Balaban J connectivity index is 1.94. The average Bonchev–Trinajstić information content (AvgIpc) is 3.14. The minimum Gasteiger partial charge on any atom is -0.341 e. The number of nitrogens with zero attached hydrogens (tertiary/aromatic N) is 2. The lowest BCUT2D eigenvalue weighted by molar-refractivity contribution is 0.435. The second-order valence-corrected chi connectivity index (χ2v) is 8.87. The van der Waals surface area contributed by atoms with Gasteiger partial charge in [0.25, 0.3) is 0 Å². The lowest BCUT2D eigenvalue weighted by atomic mass is 9.99. The summed E-state index contributed by atoms with van der Waals surface area (Å²) in [5.74, 6) is 0. The Hall–Kier alpha value is -1.54. The molecule has 0 aliphatic carbocycles. The van der Waals surface area contributed by atoms with Crippen LogP contribution >= 0.6 is 23.2 Å². The van der Waals surface area contributed by atoms with Crippen molar-refractivity contribution in [1.29, 1.82) is 0 Å². The molecule has 25 heavy (non-hydrogen) atoms. The highest BCUT2D eigenvalue weighted by atomic mass is 35.5. The van der Waals surface area contributed by atoms with Gasteiger partial charge in [-0.2, -0.15) is 5.10 Å². The summed E-state index contributed by atoms with van der Waals surface area (Å²) >= 11 is 12.7. The van der Waals surface area contributed by atoms with Gasteiger partial charge in [-0.3, -0.25) is 5.10 Å². The fourth-order valence-electron chi connectivity index (χ4n) is 3.62. The van der Waals surface area contributed by atoms with Crippen LogP contribution in [0.25, 0.3) is 22.0 Å². The SMILES string of the molecule is CS(=O)(=O)NC1CCc2c(-c3cn[nH]c3)c3ccc(Cl)c(Cl)c3n2C1. The van der Waals surface area contributed by atoms with Gasteiger partial charge in [-0.1, -0.05) is 29.3 Å². The molecule has 1 atom stereocenters. The van der Waals surface area contributed by atoms with Crippen molar-refractivity contribution in [2.75, 3.05) is 6.26 Å². The molecule has 2 aromatic heterocycles. The first-order chi connectivity index (χ1) is 11.8. The number of H-pyrrole nitrogens is 1. The van der Waals surface area contributed by atoms with Crippen molar-refractivity contribution in [3.05, 3.63) is 40.3 Å². The highest BCUT2D eigenvalue weighted by molar-refractivity contribution is 7.88. The van der Waals surface area contributed by atoms with Gasteiger partial charge in [0.1, 0.15) is 0 Å². The molecule has 0 saturated heterocycles. The Labute approximate surface area is 155 Å². The molecule has 1 aliphatic rings. The van der Waals surface area contributed by atoms with Crippen molar-refractivity contribution >= 4 is 44.1 Å². The van der Waals surface area contributed by atoms with Gasteiger partial charge >= 0.3 is 0 Å². The molecule has 0 amide bonds. The Morgan fingerprint density at radius 1 is 1.36 bits per heavy atom. The van der Waals surface area contributed by atoms with Crippen molar-refractivity contribution in [1.82, 2.24) is 19.5 Å². The van der Waals surface area contributed by atoms with E-state index in [1.807, 2.05) is 12.3 Å². The number of hydrogen-bond acceptors (Lipinski definition) is 3.